The number of carbonyl (C=O) groups is 1. The lowest BCUT2D eigenvalue weighted by molar-refractivity contribution is 0.0745. The highest BCUT2D eigenvalue weighted by molar-refractivity contribution is 5.95. The second-order valence-corrected chi connectivity index (χ2v) is 5.63. The fourth-order valence-electron chi connectivity index (χ4n) is 2.82. The monoisotopic (exact) mass is 342 g/mol. The van der Waals surface area contributed by atoms with Gasteiger partial charge in [0.2, 0.25) is 5.95 Å². The Kier molecular flexibility index (Phi) is 5.33. The molecule has 0 spiro atoms. The van der Waals surface area contributed by atoms with E-state index in [0.29, 0.717) is 55.8 Å². The first-order valence-corrected chi connectivity index (χ1v) is 8.35. The summed E-state index contributed by atoms with van der Waals surface area (Å²) in [5, 5.41) is 0. The third kappa shape index (κ3) is 3.81. The van der Waals surface area contributed by atoms with E-state index in [1.165, 1.54) is 0 Å². The number of hydrogen-bond acceptors (Lipinski definition) is 6. The highest BCUT2D eigenvalue weighted by Crippen LogP contribution is 2.28. The average Bonchev–Trinajstić information content (AvgIpc) is 2.68. The molecule has 1 aliphatic rings. The summed E-state index contributed by atoms with van der Waals surface area (Å²) in [6.07, 6.45) is 3.46. The smallest absolute Gasteiger partial charge is 0.254 e. The number of piperazine rings is 1. The van der Waals surface area contributed by atoms with Crippen molar-refractivity contribution < 1.29 is 14.3 Å². The fourth-order valence-corrected chi connectivity index (χ4v) is 2.82. The minimum absolute atomic E-state index is 0.00256. The molecular formula is C18H22N4O3. The predicted molar refractivity (Wildman–Crippen MR) is 94.3 cm³/mol. The van der Waals surface area contributed by atoms with Crippen molar-refractivity contribution in [2.75, 3.05) is 44.8 Å². The molecule has 7 nitrogen and oxygen atoms in total. The molecule has 7 heteroatoms. The first-order valence-electron chi connectivity index (χ1n) is 8.35. The van der Waals surface area contributed by atoms with E-state index >= 15 is 0 Å². The molecule has 3 rings (SSSR count). The molecular weight excluding hydrogens is 320 g/mol. The van der Waals surface area contributed by atoms with Crippen LogP contribution in [0.5, 0.6) is 11.5 Å². The van der Waals surface area contributed by atoms with Crippen molar-refractivity contribution in [1.29, 1.82) is 0 Å². The second-order valence-electron chi connectivity index (χ2n) is 5.63. The van der Waals surface area contributed by atoms with Gasteiger partial charge in [-0.2, -0.15) is 0 Å². The van der Waals surface area contributed by atoms with E-state index in [9.17, 15) is 4.79 Å². The number of hydrogen-bond donors (Lipinski definition) is 0. The molecule has 0 unspecified atom stereocenters. The molecule has 2 heterocycles. The molecule has 1 aromatic heterocycles. The van der Waals surface area contributed by atoms with E-state index < -0.39 is 0 Å². The zero-order valence-corrected chi connectivity index (χ0v) is 14.5. The molecule has 25 heavy (non-hydrogen) atoms. The zero-order valence-electron chi connectivity index (χ0n) is 14.5. The largest absolute Gasteiger partial charge is 0.493 e. The summed E-state index contributed by atoms with van der Waals surface area (Å²) in [5.41, 5.74) is 0.605. The van der Waals surface area contributed by atoms with E-state index in [4.69, 9.17) is 9.47 Å². The zero-order chi connectivity index (χ0) is 17.6. The normalized spacial score (nSPS) is 14.3. The van der Waals surface area contributed by atoms with Crippen LogP contribution >= 0.6 is 0 Å². The van der Waals surface area contributed by atoms with Gasteiger partial charge in [0, 0.05) is 44.1 Å². The number of benzene rings is 1. The summed E-state index contributed by atoms with van der Waals surface area (Å²) in [5.74, 6) is 1.92. The number of amides is 1. The molecule has 1 aromatic carbocycles. The maximum Gasteiger partial charge on any atom is 0.254 e. The number of anilines is 1. The lowest BCUT2D eigenvalue weighted by Gasteiger charge is -2.34. The fraction of sp³-hybridized carbons (Fsp3) is 0.389. The number of ether oxygens (including phenoxy) is 2. The molecule has 1 fully saturated rings. The van der Waals surface area contributed by atoms with Crippen molar-refractivity contribution in [3.05, 3.63) is 42.2 Å². The minimum Gasteiger partial charge on any atom is -0.493 e. The van der Waals surface area contributed by atoms with Gasteiger partial charge in [-0.25, -0.2) is 9.97 Å². The van der Waals surface area contributed by atoms with Crippen LogP contribution in [0, 0.1) is 0 Å². The first kappa shape index (κ1) is 17.0. The Morgan fingerprint density at radius 3 is 2.48 bits per heavy atom. The van der Waals surface area contributed by atoms with Crippen molar-refractivity contribution in [3.8, 4) is 11.5 Å². The summed E-state index contributed by atoms with van der Waals surface area (Å²) in [4.78, 5) is 25.2. The molecule has 0 bridgehead atoms. The molecule has 0 radical (unpaired) electrons. The van der Waals surface area contributed by atoms with Crippen molar-refractivity contribution in [2.45, 2.75) is 6.92 Å². The molecule has 1 aliphatic heterocycles. The summed E-state index contributed by atoms with van der Waals surface area (Å²) in [6.45, 7) is 5.11. The van der Waals surface area contributed by atoms with Crippen LogP contribution in [0.1, 0.15) is 17.3 Å². The Hall–Kier alpha value is -2.83. The average molecular weight is 342 g/mol. The highest BCUT2D eigenvalue weighted by Gasteiger charge is 2.24. The Labute approximate surface area is 147 Å². The molecule has 0 saturated carbocycles. The number of carbonyl (C=O) groups excluding carboxylic acids is 1. The van der Waals surface area contributed by atoms with Gasteiger partial charge >= 0.3 is 0 Å². The minimum atomic E-state index is -0.00256. The number of rotatable bonds is 5. The highest BCUT2D eigenvalue weighted by atomic mass is 16.5. The van der Waals surface area contributed by atoms with Gasteiger partial charge in [0.15, 0.2) is 11.5 Å². The summed E-state index contributed by atoms with van der Waals surface area (Å²) in [6, 6.07) is 7.09. The van der Waals surface area contributed by atoms with E-state index in [2.05, 4.69) is 14.9 Å². The quantitative estimate of drug-likeness (QED) is 0.826. The Morgan fingerprint density at radius 2 is 1.84 bits per heavy atom. The third-order valence-electron chi connectivity index (χ3n) is 4.11. The lowest BCUT2D eigenvalue weighted by Crippen LogP contribution is -2.49. The van der Waals surface area contributed by atoms with Crippen molar-refractivity contribution in [3.63, 3.8) is 0 Å². The molecule has 1 saturated heterocycles. The predicted octanol–water partition coefficient (Wildman–Crippen LogP) is 1.85. The second kappa shape index (κ2) is 7.83. The topological polar surface area (TPSA) is 67.8 Å². The summed E-state index contributed by atoms with van der Waals surface area (Å²) in [7, 11) is 1.59. The maximum absolute atomic E-state index is 12.8. The molecule has 132 valence electrons. The van der Waals surface area contributed by atoms with Crippen LogP contribution < -0.4 is 14.4 Å². The van der Waals surface area contributed by atoms with Crippen molar-refractivity contribution >= 4 is 11.9 Å². The van der Waals surface area contributed by atoms with Gasteiger partial charge in [-0.15, -0.1) is 0 Å². The van der Waals surface area contributed by atoms with Gasteiger partial charge < -0.3 is 19.3 Å². The van der Waals surface area contributed by atoms with Crippen LogP contribution in [0.25, 0.3) is 0 Å². The summed E-state index contributed by atoms with van der Waals surface area (Å²) >= 11 is 0. The SMILES string of the molecule is CCOc1cc(C(=O)N2CCN(c3ncccn3)CC2)ccc1OC. The molecule has 2 aromatic rings. The number of nitrogens with zero attached hydrogens (tertiary/aromatic N) is 4. The van der Waals surface area contributed by atoms with Crippen LogP contribution in [0.15, 0.2) is 36.7 Å². The standard InChI is InChI=1S/C18H22N4O3/c1-3-25-16-13-14(5-6-15(16)24-2)17(23)21-9-11-22(12-10-21)18-19-7-4-8-20-18/h4-8,13H,3,9-12H2,1-2H3. The van der Waals surface area contributed by atoms with Crippen LogP contribution in [0.3, 0.4) is 0 Å². The van der Waals surface area contributed by atoms with Gasteiger partial charge in [-0.3, -0.25) is 4.79 Å². The van der Waals surface area contributed by atoms with E-state index in [-0.39, 0.29) is 5.91 Å². The Morgan fingerprint density at radius 1 is 1.12 bits per heavy atom. The van der Waals surface area contributed by atoms with E-state index in [1.54, 1.807) is 43.8 Å². The molecule has 0 atom stereocenters. The molecule has 1 amide bonds. The third-order valence-corrected chi connectivity index (χ3v) is 4.11. The van der Waals surface area contributed by atoms with Crippen molar-refractivity contribution in [1.82, 2.24) is 14.9 Å². The van der Waals surface area contributed by atoms with Crippen LogP contribution in [-0.4, -0.2) is 60.7 Å². The van der Waals surface area contributed by atoms with E-state index in [0.717, 1.165) is 0 Å². The van der Waals surface area contributed by atoms with Crippen molar-refractivity contribution in [2.24, 2.45) is 0 Å². The van der Waals surface area contributed by atoms with Gasteiger partial charge in [0.05, 0.1) is 13.7 Å². The Bertz CT molecular complexity index is 716. The maximum atomic E-state index is 12.8. The number of methoxy groups -OCH3 is 1. The molecule has 0 N–H and O–H groups in total. The summed E-state index contributed by atoms with van der Waals surface area (Å²) < 4.78 is 10.8. The Balaban J connectivity index is 1.67. The van der Waals surface area contributed by atoms with Gasteiger partial charge in [-0.05, 0) is 31.2 Å². The van der Waals surface area contributed by atoms with E-state index in [1.807, 2.05) is 11.8 Å². The van der Waals surface area contributed by atoms with Crippen LogP contribution in [0.4, 0.5) is 5.95 Å². The first-order chi connectivity index (χ1) is 12.2. The van der Waals surface area contributed by atoms with Crippen LogP contribution in [0.2, 0.25) is 0 Å². The van der Waals surface area contributed by atoms with Gasteiger partial charge in [0.25, 0.3) is 5.91 Å². The molecule has 0 aliphatic carbocycles. The van der Waals surface area contributed by atoms with Gasteiger partial charge in [-0.1, -0.05) is 0 Å². The van der Waals surface area contributed by atoms with Gasteiger partial charge in [0.1, 0.15) is 0 Å². The lowest BCUT2D eigenvalue weighted by atomic mass is 10.1. The number of aromatic nitrogens is 2. The van der Waals surface area contributed by atoms with Crippen LogP contribution in [-0.2, 0) is 0 Å².